The van der Waals surface area contributed by atoms with Crippen LogP contribution in [-0.2, 0) is 4.74 Å². The van der Waals surface area contributed by atoms with Crippen LogP contribution in [0.4, 0.5) is 5.69 Å². The number of anilines is 1. The number of nitrogen functional groups attached to an aromatic ring is 1. The Balaban J connectivity index is 2.04. The molecule has 0 unspecified atom stereocenters. The van der Waals surface area contributed by atoms with Crippen LogP contribution in [0.3, 0.4) is 0 Å². The van der Waals surface area contributed by atoms with Gasteiger partial charge in [-0.2, -0.15) is 0 Å². The van der Waals surface area contributed by atoms with E-state index in [1.54, 1.807) is 12.1 Å². The highest BCUT2D eigenvalue weighted by atomic mass is 16.5. The first-order chi connectivity index (χ1) is 9.72. The minimum atomic E-state index is -0.221. The molecule has 0 saturated carbocycles. The molecule has 20 heavy (non-hydrogen) atoms. The quantitative estimate of drug-likeness (QED) is 0.545. The third-order valence-corrected chi connectivity index (χ3v) is 2.93. The lowest BCUT2D eigenvalue weighted by molar-refractivity contribution is 0.0838. The predicted molar refractivity (Wildman–Crippen MR) is 78.6 cm³/mol. The van der Waals surface area contributed by atoms with E-state index in [2.05, 4.69) is 5.32 Å². The second-order valence-corrected chi connectivity index (χ2v) is 4.38. The van der Waals surface area contributed by atoms with Crippen LogP contribution >= 0.6 is 0 Å². The molecule has 2 aromatic carbocycles. The van der Waals surface area contributed by atoms with Crippen LogP contribution in [0, 0.1) is 0 Å². The van der Waals surface area contributed by atoms with Crippen LogP contribution in [0.25, 0.3) is 10.8 Å². The Labute approximate surface area is 117 Å². The van der Waals surface area contributed by atoms with Gasteiger partial charge in [0.2, 0.25) is 0 Å². The molecule has 0 atom stereocenters. The summed E-state index contributed by atoms with van der Waals surface area (Å²) in [6.45, 7) is 0.991. The fourth-order valence-corrected chi connectivity index (χ4v) is 1.95. The van der Waals surface area contributed by atoms with E-state index in [1.807, 2.05) is 24.3 Å². The molecule has 0 spiro atoms. The monoisotopic (exact) mass is 274 g/mol. The molecular formula is C15H18N2O3. The maximum atomic E-state index is 12.0. The zero-order valence-electron chi connectivity index (χ0n) is 11.1. The number of hydrogen-bond donors (Lipinski definition) is 3. The summed E-state index contributed by atoms with van der Waals surface area (Å²) < 4.78 is 5.07. The molecule has 0 heterocycles. The SMILES string of the molecule is Nc1cc2ccccc2cc1C(=O)NCCOCCO. The summed E-state index contributed by atoms with van der Waals surface area (Å²) in [6.07, 6.45) is 0. The first kappa shape index (κ1) is 14.3. The van der Waals surface area contributed by atoms with Crippen molar-refractivity contribution in [2.24, 2.45) is 0 Å². The lowest BCUT2D eigenvalue weighted by atomic mass is 10.0. The zero-order chi connectivity index (χ0) is 14.4. The lowest BCUT2D eigenvalue weighted by Crippen LogP contribution is -2.28. The van der Waals surface area contributed by atoms with Gasteiger partial charge in [-0.15, -0.1) is 0 Å². The van der Waals surface area contributed by atoms with Gasteiger partial charge in [0.15, 0.2) is 0 Å². The molecule has 5 nitrogen and oxygen atoms in total. The summed E-state index contributed by atoms with van der Waals surface area (Å²) in [5.41, 5.74) is 6.83. The number of amides is 1. The Morgan fingerprint density at radius 1 is 1.20 bits per heavy atom. The fourth-order valence-electron chi connectivity index (χ4n) is 1.95. The number of benzene rings is 2. The number of fused-ring (bicyclic) bond motifs is 1. The van der Waals surface area contributed by atoms with Crippen molar-refractivity contribution in [2.45, 2.75) is 0 Å². The van der Waals surface area contributed by atoms with Crippen LogP contribution in [0.15, 0.2) is 36.4 Å². The predicted octanol–water partition coefficient (Wildman–Crippen LogP) is 1.16. The molecule has 0 saturated heterocycles. The molecule has 5 heteroatoms. The Morgan fingerprint density at radius 3 is 2.60 bits per heavy atom. The first-order valence-corrected chi connectivity index (χ1v) is 6.47. The van der Waals surface area contributed by atoms with Gasteiger partial charge in [0.05, 0.1) is 25.4 Å². The van der Waals surface area contributed by atoms with Crippen molar-refractivity contribution in [2.75, 3.05) is 32.1 Å². The van der Waals surface area contributed by atoms with Crippen molar-refractivity contribution in [3.63, 3.8) is 0 Å². The molecule has 0 aliphatic heterocycles. The summed E-state index contributed by atoms with van der Waals surface area (Å²) in [6, 6.07) is 11.3. The van der Waals surface area contributed by atoms with Gasteiger partial charge in [-0.05, 0) is 22.9 Å². The molecule has 4 N–H and O–H groups in total. The number of aliphatic hydroxyl groups excluding tert-OH is 1. The number of nitrogens with one attached hydrogen (secondary N) is 1. The molecule has 0 aromatic heterocycles. The van der Waals surface area contributed by atoms with Crippen molar-refractivity contribution in [3.8, 4) is 0 Å². The van der Waals surface area contributed by atoms with Gasteiger partial charge in [-0.3, -0.25) is 4.79 Å². The average molecular weight is 274 g/mol. The summed E-state index contributed by atoms with van der Waals surface area (Å²) in [4.78, 5) is 12.0. The van der Waals surface area contributed by atoms with E-state index in [9.17, 15) is 4.79 Å². The van der Waals surface area contributed by atoms with E-state index in [4.69, 9.17) is 15.6 Å². The minimum Gasteiger partial charge on any atom is -0.398 e. The van der Waals surface area contributed by atoms with E-state index >= 15 is 0 Å². The van der Waals surface area contributed by atoms with E-state index in [-0.39, 0.29) is 19.1 Å². The highest BCUT2D eigenvalue weighted by molar-refractivity contribution is 6.03. The largest absolute Gasteiger partial charge is 0.398 e. The van der Waals surface area contributed by atoms with Crippen molar-refractivity contribution in [1.29, 1.82) is 0 Å². The van der Waals surface area contributed by atoms with E-state index in [0.717, 1.165) is 10.8 Å². The molecule has 2 rings (SSSR count). The van der Waals surface area contributed by atoms with Gasteiger partial charge in [0.25, 0.3) is 5.91 Å². The van der Waals surface area contributed by atoms with Gasteiger partial charge in [0.1, 0.15) is 0 Å². The highest BCUT2D eigenvalue weighted by Crippen LogP contribution is 2.21. The minimum absolute atomic E-state index is 0.0223. The first-order valence-electron chi connectivity index (χ1n) is 6.47. The van der Waals surface area contributed by atoms with Crippen LogP contribution < -0.4 is 11.1 Å². The van der Waals surface area contributed by atoms with E-state index < -0.39 is 0 Å². The third kappa shape index (κ3) is 3.46. The van der Waals surface area contributed by atoms with Crippen molar-refractivity contribution < 1.29 is 14.6 Å². The summed E-state index contributed by atoms with van der Waals surface area (Å²) >= 11 is 0. The molecule has 1 amide bonds. The second kappa shape index (κ2) is 6.88. The maximum Gasteiger partial charge on any atom is 0.253 e. The van der Waals surface area contributed by atoms with E-state index in [0.29, 0.717) is 24.4 Å². The molecular weight excluding hydrogens is 256 g/mol. The number of rotatable bonds is 6. The summed E-state index contributed by atoms with van der Waals surface area (Å²) in [5, 5.41) is 13.3. The number of aliphatic hydroxyl groups is 1. The van der Waals surface area contributed by atoms with Crippen molar-refractivity contribution in [1.82, 2.24) is 5.32 Å². The number of hydrogen-bond acceptors (Lipinski definition) is 4. The molecule has 106 valence electrons. The second-order valence-electron chi connectivity index (χ2n) is 4.38. The van der Waals surface area contributed by atoms with Crippen LogP contribution in [-0.4, -0.2) is 37.4 Å². The summed E-state index contributed by atoms with van der Waals surface area (Å²) in [5.74, 6) is -0.221. The summed E-state index contributed by atoms with van der Waals surface area (Å²) in [7, 11) is 0. The Hall–Kier alpha value is -2.11. The molecule has 0 fully saturated rings. The fraction of sp³-hybridized carbons (Fsp3) is 0.267. The molecule has 0 aliphatic rings. The molecule has 0 bridgehead atoms. The number of nitrogens with two attached hydrogens (primary N) is 1. The van der Waals surface area contributed by atoms with Crippen LogP contribution in [0.5, 0.6) is 0 Å². The topological polar surface area (TPSA) is 84.6 Å². The number of carbonyl (C=O) groups excluding carboxylic acids is 1. The molecule has 0 aliphatic carbocycles. The Morgan fingerprint density at radius 2 is 1.90 bits per heavy atom. The van der Waals surface area contributed by atoms with Crippen molar-refractivity contribution in [3.05, 3.63) is 42.0 Å². The smallest absolute Gasteiger partial charge is 0.253 e. The van der Waals surface area contributed by atoms with Crippen LogP contribution in [0.1, 0.15) is 10.4 Å². The van der Waals surface area contributed by atoms with Gasteiger partial charge in [-0.1, -0.05) is 24.3 Å². The van der Waals surface area contributed by atoms with Gasteiger partial charge in [0, 0.05) is 12.2 Å². The van der Waals surface area contributed by atoms with Crippen LogP contribution in [0.2, 0.25) is 0 Å². The normalized spacial score (nSPS) is 10.7. The Bertz CT molecular complexity index is 599. The van der Waals surface area contributed by atoms with Gasteiger partial charge < -0.3 is 20.9 Å². The third-order valence-electron chi connectivity index (χ3n) is 2.93. The lowest BCUT2D eigenvalue weighted by Gasteiger charge is -2.09. The number of ether oxygens (including phenoxy) is 1. The van der Waals surface area contributed by atoms with Crippen molar-refractivity contribution >= 4 is 22.4 Å². The maximum absolute atomic E-state index is 12.0. The van der Waals surface area contributed by atoms with Gasteiger partial charge >= 0.3 is 0 Å². The average Bonchev–Trinajstić information content (AvgIpc) is 2.46. The molecule has 2 aromatic rings. The van der Waals surface area contributed by atoms with E-state index in [1.165, 1.54) is 0 Å². The highest BCUT2D eigenvalue weighted by Gasteiger charge is 2.10. The Kier molecular flexibility index (Phi) is 4.92. The number of carbonyl (C=O) groups is 1. The van der Waals surface area contributed by atoms with Gasteiger partial charge in [-0.25, -0.2) is 0 Å². The zero-order valence-corrected chi connectivity index (χ0v) is 11.1. The molecule has 0 radical (unpaired) electrons. The standard InChI is InChI=1S/C15H18N2O3/c16-14-10-12-4-2-1-3-11(12)9-13(14)15(19)17-5-7-20-8-6-18/h1-4,9-10,18H,5-8,16H2,(H,17,19).